The number of amides is 1. The zero-order valence-corrected chi connectivity index (χ0v) is 11.9. The quantitative estimate of drug-likeness (QED) is 0.895. The normalized spacial score (nSPS) is 28.2. The molecule has 1 aliphatic heterocycles. The van der Waals surface area contributed by atoms with Crippen molar-refractivity contribution < 1.29 is 13.6 Å². The molecule has 2 N–H and O–H groups in total. The molecule has 1 heterocycles. The van der Waals surface area contributed by atoms with Crippen LogP contribution in [0.15, 0.2) is 18.2 Å². The molecule has 2 aliphatic rings. The molecule has 21 heavy (non-hydrogen) atoms. The molecule has 3 rings (SSSR count). The third-order valence-electron chi connectivity index (χ3n) is 4.72. The van der Waals surface area contributed by atoms with Crippen molar-refractivity contribution in [2.75, 3.05) is 13.1 Å². The molecule has 0 radical (unpaired) electrons. The van der Waals surface area contributed by atoms with E-state index in [-0.39, 0.29) is 23.9 Å². The van der Waals surface area contributed by atoms with E-state index in [1.54, 1.807) is 0 Å². The summed E-state index contributed by atoms with van der Waals surface area (Å²) in [4.78, 5) is 12.0. The fourth-order valence-electron chi connectivity index (χ4n) is 3.57. The monoisotopic (exact) mass is 294 g/mol. The second kappa shape index (κ2) is 6.10. The van der Waals surface area contributed by atoms with Crippen LogP contribution in [0.4, 0.5) is 8.78 Å². The lowest BCUT2D eigenvalue weighted by atomic mass is 9.79. The molecule has 2 fully saturated rings. The first-order valence-electron chi connectivity index (χ1n) is 7.56. The molecule has 114 valence electrons. The van der Waals surface area contributed by atoms with E-state index in [0.29, 0.717) is 5.92 Å². The maximum absolute atomic E-state index is 13.5. The Kier molecular flexibility index (Phi) is 4.19. The Bertz CT molecular complexity index is 515. The van der Waals surface area contributed by atoms with Gasteiger partial charge in [-0.15, -0.1) is 0 Å². The number of benzene rings is 1. The van der Waals surface area contributed by atoms with Gasteiger partial charge in [-0.25, -0.2) is 8.78 Å². The van der Waals surface area contributed by atoms with Gasteiger partial charge in [-0.2, -0.15) is 0 Å². The first-order valence-corrected chi connectivity index (χ1v) is 7.56. The molecule has 0 bridgehead atoms. The van der Waals surface area contributed by atoms with Gasteiger partial charge in [0.15, 0.2) is 0 Å². The van der Waals surface area contributed by atoms with Crippen molar-refractivity contribution in [2.24, 2.45) is 11.8 Å². The second-order valence-electron chi connectivity index (χ2n) is 6.13. The van der Waals surface area contributed by atoms with Crippen LogP contribution in [0.1, 0.15) is 24.8 Å². The second-order valence-corrected chi connectivity index (χ2v) is 6.13. The van der Waals surface area contributed by atoms with E-state index in [0.717, 1.165) is 38.3 Å². The lowest BCUT2D eigenvalue weighted by molar-refractivity contribution is -0.121. The summed E-state index contributed by atoms with van der Waals surface area (Å²) in [5, 5.41) is 6.32. The van der Waals surface area contributed by atoms with Crippen LogP contribution in [-0.2, 0) is 11.2 Å². The van der Waals surface area contributed by atoms with Gasteiger partial charge in [0.2, 0.25) is 5.91 Å². The van der Waals surface area contributed by atoms with Gasteiger partial charge in [-0.1, -0.05) is 6.07 Å². The van der Waals surface area contributed by atoms with Crippen LogP contribution in [0, 0.1) is 23.5 Å². The average Bonchev–Trinajstić information content (AvgIpc) is 2.90. The molecule has 3 atom stereocenters. The first-order chi connectivity index (χ1) is 10.1. The number of rotatable bonds is 3. The van der Waals surface area contributed by atoms with Gasteiger partial charge in [0.1, 0.15) is 11.6 Å². The molecule has 5 heteroatoms. The summed E-state index contributed by atoms with van der Waals surface area (Å²) in [6.07, 6.45) is 2.79. The zero-order valence-electron chi connectivity index (χ0n) is 11.9. The van der Waals surface area contributed by atoms with Gasteiger partial charge in [-0.3, -0.25) is 4.79 Å². The number of hydrogen-bond donors (Lipinski definition) is 2. The fraction of sp³-hybridized carbons (Fsp3) is 0.562. The summed E-state index contributed by atoms with van der Waals surface area (Å²) in [5.41, 5.74) is -0.147. The minimum atomic E-state index is -0.658. The first kappa shape index (κ1) is 14.4. The highest BCUT2D eigenvalue weighted by Gasteiger charge is 2.34. The Hall–Kier alpha value is -1.49. The van der Waals surface area contributed by atoms with Crippen molar-refractivity contribution >= 4 is 5.91 Å². The Balaban J connectivity index is 1.57. The summed E-state index contributed by atoms with van der Waals surface area (Å²) in [6.45, 7) is 2.09. The van der Waals surface area contributed by atoms with E-state index < -0.39 is 11.6 Å². The SMILES string of the molecule is O=C(Cc1c(F)cccc1F)NC1CC[C@H]2CNC[C@H]2C1. The van der Waals surface area contributed by atoms with Crippen molar-refractivity contribution in [3.63, 3.8) is 0 Å². The van der Waals surface area contributed by atoms with Gasteiger partial charge in [0.25, 0.3) is 0 Å². The summed E-state index contributed by atoms with van der Waals surface area (Å²) >= 11 is 0. The van der Waals surface area contributed by atoms with Gasteiger partial charge in [0.05, 0.1) is 6.42 Å². The van der Waals surface area contributed by atoms with Gasteiger partial charge < -0.3 is 10.6 Å². The van der Waals surface area contributed by atoms with E-state index in [4.69, 9.17) is 0 Å². The molecule has 0 spiro atoms. The smallest absolute Gasteiger partial charge is 0.224 e. The number of halogens is 2. The number of nitrogens with one attached hydrogen (secondary N) is 2. The van der Waals surface area contributed by atoms with E-state index in [1.165, 1.54) is 18.2 Å². The highest BCUT2D eigenvalue weighted by atomic mass is 19.1. The predicted molar refractivity (Wildman–Crippen MR) is 75.7 cm³/mol. The minimum absolute atomic E-state index is 0.133. The molecular formula is C16H20F2N2O. The van der Waals surface area contributed by atoms with Crippen LogP contribution < -0.4 is 10.6 Å². The Morgan fingerprint density at radius 2 is 1.90 bits per heavy atom. The largest absolute Gasteiger partial charge is 0.353 e. The maximum Gasteiger partial charge on any atom is 0.224 e. The molecule has 3 nitrogen and oxygen atoms in total. The third kappa shape index (κ3) is 3.23. The zero-order chi connectivity index (χ0) is 14.8. The Labute approximate surface area is 123 Å². The van der Waals surface area contributed by atoms with Crippen molar-refractivity contribution in [2.45, 2.75) is 31.7 Å². The van der Waals surface area contributed by atoms with E-state index >= 15 is 0 Å². The third-order valence-corrected chi connectivity index (χ3v) is 4.72. The van der Waals surface area contributed by atoms with Crippen molar-refractivity contribution in [3.8, 4) is 0 Å². The highest BCUT2D eigenvalue weighted by Crippen LogP contribution is 2.32. The van der Waals surface area contributed by atoms with E-state index in [1.807, 2.05) is 0 Å². The molecule has 0 aromatic heterocycles. The molecule has 1 aromatic rings. The van der Waals surface area contributed by atoms with Gasteiger partial charge >= 0.3 is 0 Å². The Morgan fingerprint density at radius 1 is 1.19 bits per heavy atom. The topological polar surface area (TPSA) is 41.1 Å². The lowest BCUT2D eigenvalue weighted by Gasteiger charge is -2.31. The van der Waals surface area contributed by atoms with E-state index in [9.17, 15) is 13.6 Å². The average molecular weight is 294 g/mol. The number of fused-ring (bicyclic) bond motifs is 1. The van der Waals surface area contributed by atoms with Crippen molar-refractivity contribution in [3.05, 3.63) is 35.4 Å². The summed E-state index contributed by atoms with van der Waals surface area (Å²) < 4.78 is 27.1. The van der Waals surface area contributed by atoms with Crippen LogP contribution >= 0.6 is 0 Å². The van der Waals surface area contributed by atoms with Crippen molar-refractivity contribution in [1.82, 2.24) is 10.6 Å². The minimum Gasteiger partial charge on any atom is -0.353 e. The number of hydrogen-bond acceptors (Lipinski definition) is 2. The lowest BCUT2D eigenvalue weighted by Crippen LogP contribution is -2.41. The fourth-order valence-corrected chi connectivity index (χ4v) is 3.57. The number of carbonyl (C=O) groups excluding carboxylic acids is 1. The molecule has 1 aliphatic carbocycles. The number of carbonyl (C=O) groups is 1. The summed E-state index contributed by atoms with van der Waals surface area (Å²) in [5.74, 6) is -0.271. The molecule has 1 saturated carbocycles. The van der Waals surface area contributed by atoms with Crippen LogP contribution in [0.25, 0.3) is 0 Å². The van der Waals surface area contributed by atoms with Crippen LogP contribution in [-0.4, -0.2) is 25.0 Å². The van der Waals surface area contributed by atoms with Gasteiger partial charge in [0, 0.05) is 11.6 Å². The van der Waals surface area contributed by atoms with Crippen LogP contribution in [0.2, 0.25) is 0 Å². The molecular weight excluding hydrogens is 274 g/mol. The molecule has 1 saturated heterocycles. The molecule has 1 unspecified atom stereocenters. The predicted octanol–water partition coefficient (Wildman–Crippen LogP) is 2.01. The summed E-state index contributed by atoms with van der Waals surface area (Å²) in [7, 11) is 0. The molecule has 1 aromatic carbocycles. The van der Waals surface area contributed by atoms with Crippen LogP contribution in [0.3, 0.4) is 0 Å². The maximum atomic E-state index is 13.5. The Morgan fingerprint density at radius 3 is 2.67 bits per heavy atom. The highest BCUT2D eigenvalue weighted by molar-refractivity contribution is 5.79. The van der Waals surface area contributed by atoms with Crippen LogP contribution in [0.5, 0.6) is 0 Å². The summed E-state index contributed by atoms with van der Waals surface area (Å²) in [6, 6.07) is 3.80. The van der Waals surface area contributed by atoms with Crippen molar-refractivity contribution in [1.29, 1.82) is 0 Å². The van der Waals surface area contributed by atoms with Gasteiger partial charge in [-0.05, 0) is 56.3 Å². The molecule has 1 amide bonds. The van der Waals surface area contributed by atoms with E-state index in [2.05, 4.69) is 10.6 Å². The standard InChI is InChI=1S/C16H20F2N2O/c17-14-2-1-3-15(18)13(14)7-16(21)20-12-5-4-10-8-19-9-11(10)6-12/h1-3,10-12,19H,4-9H2,(H,20,21)/t10-,11+,12?/m0/s1.